The predicted octanol–water partition coefficient (Wildman–Crippen LogP) is 3.37. The fourth-order valence-corrected chi connectivity index (χ4v) is 4.83. The first-order valence-corrected chi connectivity index (χ1v) is 10.8. The van der Waals surface area contributed by atoms with E-state index in [1.807, 2.05) is 35.2 Å². The van der Waals surface area contributed by atoms with Gasteiger partial charge in [0.2, 0.25) is 5.91 Å². The van der Waals surface area contributed by atoms with Crippen LogP contribution in [0.25, 0.3) is 10.6 Å². The molecule has 2 aliphatic heterocycles. The summed E-state index contributed by atoms with van der Waals surface area (Å²) in [5.41, 5.74) is 1.03. The smallest absolute Gasteiger partial charge is 0.265 e. The highest BCUT2D eigenvalue weighted by Gasteiger charge is 2.27. The number of piperidine rings is 1. The van der Waals surface area contributed by atoms with Crippen LogP contribution in [0.1, 0.15) is 35.4 Å². The molecule has 1 aromatic heterocycles. The minimum atomic E-state index is -0.0464. The van der Waals surface area contributed by atoms with Crippen molar-refractivity contribution in [2.45, 2.75) is 31.7 Å². The Hall–Kier alpha value is -1.67. The van der Waals surface area contributed by atoms with Gasteiger partial charge in [0.15, 0.2) is 0 Å². The van der Waals surface area contributed by atoms with E-state index in [9.17, 15) is 9.59 Å². The number of amides is 2. The van der Waals surface area contributed by atoms with Gasteiger partial charge in [0.25, 0.3) is 5.91 Å². The number of nitrogens with zero attached hydrogens (tertiary/aromatic N) is 2. The summed E-state index contributed by atoms with van der Waals surface area (Å²) in [5, 5.41) is 7.17. The second-order valence-corrected chi connectivity index (χ2v) is 8.58. The zero-order chi connectivity index (χ0) is 19.3. The Labute approximate surface area is 193 Å². The molecule has 2 aliphatic rings. The average Bonchev–Trinajstić information content (AvgIpc) is 3.45. The van der Waals surface area contributed by atoms with Crippen LogP contribution in [0, 0.1) is 5.92 Å². The Morgan fingerprint density at radius 2 is 1.97 bits per heavy atom. The van der Waals surface area contributed by atoms with Crippen molar-refractivity contribution in [1.82, 2.24) is 20.5 Å². The lowest BCUT2D eigenvalue weighted by molar-refractivity contribution is -0.123. The first-order valence-electron chi connectivity index (χ1n) is 10.0. The van der Waals surface area contributed by atoms with Gasteiger partial charge in [-0.15, -0.1) is 36.2 Å². The summed E-state index contributed by atoms with van der Waals surface area (Å²) in [7, 11) is 0. The Bertz CT molecular complexity index is 827. The van der Waals surface area contributed by atoms with Gasteiger partial charge < -0.3 is 15.5 Å². The molecule has 9 heteroatoms. The molecule has 164 valence electrons. The van der Waals surface area contributed by atoms with E-state index in [0.717, 1.165) is 49.3 Å². The summed E-state index contributed by atoms with van der Waals surface area (Å²) >= 11 is 1.44. The molecule has 2 aromatic rings. The molecule has 2 saturated heterocycles. The van der Waals surface area contributed by atoms with E-state index in [1.165, 1.54) is 11.3 Å². The van der Waals surface area contributed by atoms with Crippen molar-refractivity contribution in [3.63, 3.8) is 0 Å². The predicted molar refractivity (Wildman–Crippen MR) is 125 cm³/mol. The maximum atomic E-state index is 12.9. The second-order valence-electron chi connectivity index (χ2n) is 7.55. The van der Waals surface area contributed by atoms with Crippen molar-refractivity contribution in [2.75, 3.05) is 26.2 Å². The molecule has 4 rings (SSSR count). The van der Waals surface area contributed by atoms with Gasteiger partial charge in [-0.05, 0) is 38.1 Å². The van der Waals surface area contributed by atoms with Crippen molar-refractivity contribution < 1.29 is 9.59 Å². The van der Waals surface area contributed by atoms with Crippen molar-refractivity contribution in [3.8, 4) is 10.6 Å². The molecule has 2 atom stereocenters. The molecule has 2 N–H and O–H groups in total. The molecular weight excluding hydrogens is 443 g/mol. The largest absolute Gasteiger partial charge is 0.354 e. The van der Waals surface area contributed by atoms with E-state index in [1.54, 1.807) is 6.20 Å². The number of aromatic nitrogens is 1. The monoisotopic (exact) mass is 470 g/mol. The van der Waals surface area contributed by atoms with Crippen molar-refractivity contribution in [2.24, 2.45) is 5.92 Å². The van der Waals surface area contributed by atoms with Gasteiger partial charge in [0.1, 0.15) is 9.88 Å². The van der Waals surface area contributed by atoms with Gasteiger partial charge in [-0.3, -0.25) is 9.59 Å². The molecule has 0 spiro atoms. The molecule has 0 radical (unpaired) electrons. The number of halogens is 2. The Morgan fingerprint density at radius 3 is 2.70 bits per heavy atom. The average molecular weight is 471 g/mol. The van der Waals surface area contributed by atoms with Crippen LogP contribution in [0.4, 0.5) is 0 Å². The van der Waals surface area contributed by atoms with Crippen LogP contribution < -0.4 is 10.6 Å². The lowest BCUT2D eigenvalue weighted by Gasteiger charge is -2.32. The molecule has 0 aliphatic carbocycles. The Balaban J connectivity index is 0.00000160. The van der Waals surface area contributed by atoms with Crippen LogP contribution in [0.15, 0.2) is 36.5 Å². The van der Waals surface area contributed by atoms with E-state index in [0.29, 0.717) is 23.9 Å². The van der Waals surface area contributed by atoms with Crippen LogP contribution in [-0.4, -0.2) is 53.9 Å². The molecule has 30 heavy (non-hydrogen) atoms. The molecule has 1 aromatic carbocycles. The third kappa shape index (κ3) is 5.94. The van der Waals surface area contributed by atoms with E-state index < -0.39 is 0 Å². The van der Waals surface area contributed by atoms with E-state index in [4.69, 9.17) is 0 Å². The van der Waals surface area contributed by atoms with Gasteiger partial charge >= 0.3 is 0 Å². The minimum absolute atomic E-state index is 0. The summed E-state index contributed by atoms with van der Waals surface area (Å²) in [5.74, 6) is 0.452. The zero-order valence-corrected chi connectivity index (χ0v) is 19.2. The molecule has 0 saturated carbocycles. The quantitative estimate of drug-likeness (QED) is 0.702. The van der Waals surface area contributed by atoms with E-state index in [-0.39, 0.29) is 42.7 Å². The normalized spacial score (nSPS) is 20.7. The number of hydrogen-bond acceptors (Lipinski definition) is 5. The van der Waals surface area contributed by atoms with Crippen LogP contribution in [-0.2, 0) is 4.79 Å². The highest BCUT2D eigenvalue weighted by Crippen LogP contribution is 2.27. The number of hydrogen-bond donors (Lipinski definition) is 2. The highest BCUT2D eigenvalue weighted by molar-refractivity contribution is 7.16. The molecule has 6 nitrogen and oxygen atoms in total. The van der Waals surface area contributed by atoms with E-state index >= 15 is 0 Å². The third-order valence-electron chi connectivity index (χ3n) is 5.49. The summed E-state index contributed by atoms with van der Waals surface area (Å²) in [4.78, 5) is 32.2. The summed E-state index contributed by atoms with van der Waals surface area (Å²) in [6, 6.07) is 9.89. The van der Waals surface area contributed by atoms with Crippen molar-refractivity contribution >= 4 is 48.0 Å². The Kier molecular flexibility index (Phi) is 9.55. The highest BCUT2D eigenvalue weighted by atomic mass is 35.5. The number of nitrogens with one attached hydrogen (secondary N) is 2. The zero-order valence-electron chi connectivity index (χ0n) is 16.7. The second kappa shape index (κ2) is 11.6. The molecule has 2 unspecified atom stereocenters. The molecule has 3 heterocycles. The van der Waals surface area contributed by atoms with Crippen LogP contribution in [0.3, 0.4) is 0 Å². The molecule has 0 bridgehead atoms. The lowest BCUT2D eigenvalue weighted by Crippen LogP contribution is -2.46. The number of carbonyl (C=O) groups excluding carboxylic acids is 2. The molecule has 2 fully saturated rings. The maximum Gasteiger partial charge on any atom is 0.265 e. The summed E-state index contributed by atoms with van der Waals surface area (Å²) in [6.07, 6.45) is 5.67. The molecular formula is C21H28Cl2N4O2S. The standard InChI is InChI=1S/C21H26N4O2S.2ClH/c26-19(17-9-4-10-22-17)23-12-15-6-5-11-25(14-15)21(27)18-13-24-20(28-18)16-7-2-1-3-8-16;;/h1-3,7-8,13,15,17,22H,4-6,9-12,14H2,(H,23,26);2*1H. The van der Waals surface area contributed by atoms with Gasteiger partial charge in [-0.1, -0.05) is 30.3 Å². The van der Waals surface area contributed by atoms with Crippen molar-refractivity contribution in [1.29, 1.82) is 0 Å². The first kappa shape index (κ1) is 24.6. The number of benzene rings is 1. The van der Waals surface area contributed by atoms with Gasteiger partial charge in [0.05, 0.1) is 12.2 Å². The van der Waals surface area contributed by atoms with E-state index in [2.05, 4.69) is 15.6 Å². The summed E-state index contributed by atoms with van der Waals surface area (Å²) in [6.45, 7) is 3.02. The summed E-state index contributed by atoms with van der Waals surface area (Å²) < 4.78 is 0. The fraction of sp³-hybridized carbons (Fsp3) is 0.476. The minimum Gasteiger partial charge on any atom is -0.354 e. The van der Waals surface area contributed by atoms with Gasteiger partial charge in [-0.2, -0.15) is 0 Å². The van der Waals surface area contributed by atoms with Gasteiger partial charge in [0, 0.05) is 25.2 Å². The fourth-order valence-electron chi connectivity index (χ4n) is 3.94. The molecule has 2 amide bonds. The number of carbonyl (C=O) groups is 2. The topological polar surface area (TPSA) is 74.3 Å². The third-order valence-corrected chi connectivity index (χ3v) is 6.52. The van der Waals surface area contributed by atoms with Crippen LogP contribution in [0.2, 0.25) is 0 Å². The van der Waals surface area contributed by atoms with Crippen LogP contribution >= 0.6 is 36.2 Å². The first-order chi connectivity index (χ1) is 13.7. The lowest BCUT2D eigenvalue weighted by atomic mass is 9.97. The number of thiazole rings is 1. The number of rotatable bonds is 5. The maximum absolute atomic E-state index is 12.9. The van der Waals surface area contributed by atoms with Crippen molar-refractivity contribution in [3.05, 3.63) is 41.4 Å². The van der Waals surface area contributed by atoms with Crippen LogP contribution in [0.5, 0.6) is 0 Å². The number of likely N-dealkylation sites (tertiary alicyclic amines) is 1. The SMILES string of the molecule is Cl.Cl.O=C(NCC1CCCN(C(=O)c2cnc(-c3ccccc3)s2)C1)C1CCCN1. The Morgan fingerprint density at radius 1 is 1.17 bits per heavy atom. The van der Waals surface area contributed by atoms with Gasteiger partial charge in [-0.25, -0.2) is 4.98 Å².